The van der Waals surface area contributed by atoms with Crippen molar-refractivity contribution in [2.24, 2.45) is 11.8 Å². The average Bonchev–Trinajstić information content (AvgIpc) is 2.88. The van der Waals surface area contributed by atoms with E-state index in [1.165, 1.54) is 28.9 Å². The molecule has 2 saturated heterocycles. The number of nitrogens with zero attached hydrogens (tertiary/aromatic N) is 2. The normalized spacial score (nSPS) is 18.7. The summed E-state index contributed by atoms with van der Waals surface area (Å²) in [6, 6.07) is 16.7. The van der Waals surface area contributed by atoms with Crippen molar-refractivity contribution in [2.45, 2.75) is 50.3 Å². The molecule has 2 aliphatic heterocycles. The first kappa shape index (κ1) is 24.6. The van der Waals surface area contributed by atoms with Crippen molar-refractivity contribution in [3.8, 4) is 0 Å². The van der Waals surface area contributed by atoms with Crippen molar-refractivity contribution in [3.05, 3.63) is 65.7 Å². The van der Waals surface area contributed by atoms with Crippen LogP contribution >= 0.6 is 0 Å². The van der Waals surface area contributed by atoms with E-state index in [1.54, 1.807) is 12.1 Å². The van der Waals surface area contributed by atoms with Crippen LogP contribution in [0.5, 0.6) is 0 Å². The number of hydrogen-bond donors (Lipinski definition) is 0. The van der Waals surface area contributed by atoms with Crippen molar-refractivity contribution in [3.63, 3.8) is 0 Å². The summed E-state index contributed by atoms with van der Waals surface area (Å²) in [5.41, 5.74) is 1.76. The minimum absolute atomic E-state index is 0.115. The number of ketones is 1. The number of benzene rings is 2. The Kier molecular flexibility index (Phi) is 7.84. The smallest absolute Gasteiger partial charge is 0.243 e. The summed E-state index contributed by atoms with van der Waals surface area (Å²) in [4.78, 5) is 26.9. The second-order valence-corrected chi connectivity index (χ2v) is 11.5. The molecule has 0 N–H and O–H groups in total. The Balaban J connectivity index is 1.26. The van der Waals surface area contributed by atoms with Gasteiger partial charge in [0.15, 0.2) is 5.78 Å². The fraction of sp³-hybridized carbons (Fsp3) is 0.481. The van der Waals surface area contributed by atoms with Crippen LogP contribution in [0.3, 0.4) is 0 Å². The Bertz CT molecular complexity index is 1100. The minimum atomic E-state index is -3.67. The number of rotatable bonds is 7. The number of carbonyl (C=O) groups is 2. The number of aryl methyl sites for hydroxylation is 1. The molecular formula is C27H34N2O4S. The molecule has 2 aromatic carbocycles. The van der Waals surface area contributed by atoms with Crippen molar-refractivity contribution < 1.29 is 18.0 Å². The Morgan fingerprint density at radius 3 is 2.21 bits per heavy atom. The fourth-order valence-electron chi connectivity index (χ4n) is 5.08. The molecule has 0 saturated carbocycles. The van der Waals surface area contributed by atoms with Crippen molar-refractivity contribution in [1.29, 1.82) is 0 Å². The van der Waals surface area contributed by atoms with Gasteiger partial charge in [0, 0.05) is 37.7 Å². The van der Waals surface area contributed by atoms with Crippen LogP contribution in [0.2, 0.25) is 0 Å². The van der Waals surface area contributed by atoms with Gasteiger partial charge in [-0.2, -0.15) is 4.31 Å². The van der Waals surface area contributed by atoms with E-state index in [4.69, 9.17) is 0 Å². The van der Waals surface area contributed by atoms with Gasteiger partial charge in [-0.3, -0.25) is 9.59 Å². The van der Waals surface area contributed by atoms with Gasteiger partial charge >= 0.3 is 0 Å². The van der Waals surface area contributed by atoms with Crippen LogP contribution in [0.15, 0.2) is 59.5 Å². The summed E-state index contributed by atoms with van der Waals surface area (Å²) < 4.78 is 27.6. The maximum Gasteiger partial charge on any atom is 0.243 e. The molecule has 4 rings (SSSR count). The van der Waals surface area contributed by atoms with E-state index >= 15 is 0 Å². The molecule has 0 unspecified atom stereocenters. The predicted octanol–water partition coefficient (Wildman–Crippen LogP) is 4.16. The third kappa shape index (κ3) is 5.76. The zero-order chi connectivity index (χ0) is 24.1. The molecule has 182 valence electrons. The second kappa shape index (κ2) is 10.8. The lowest BCUT2D eigenvalue weighted by atomic mass is 9.89. The highest BCUT2D eigenvalue weighted by molar-refractivity contribution is 7.89. The van der Waals surface area contributed by atoms with Gasteiger partial charge in [-0.25, -0.2) is 8.42 Å². The Labute approximate surface area is 203 Å². The molecule has 0 bridgehead atoms. The van der Waals surface area contributed by atoms with Crippen LogP contribution in [0, 0.1) is 11.8 Å². The van der Waals surface area contributed by atoms with E-state index < -0.39 is 10.0 Å². The summed E-state index contributed by atoms with van der Waals surface area (Å²) in [5.74, 6) is 0.556. The van der Waals surface area contributed by atoms with Crippen molar-refractivity contribution >= 4 is 21.7 Å². The maximum atomic E-state index is 13.1. The Morgan fingerprint density at radius 2 is 1.56 bits per heavy atom. The van der Waals surface area contributed by atoms with Crippen LogP contribution in [0.1, 0.15) is 54.9 Å². The largest absolute Gasteiger partial charge is 0.342 e. The van der Waals surface area contributed by atoms with E-state index in [9.17, 15) is 18.0 Å². The van der Waals surface area contributed by atoms with Gasteiger partial charge in [0.25, 0.3) is 0 Å². The monoisotopic (exact) mass is 482 g/mol. The van der Waals surface area contributed by atoms with E-state index in [-0.39, 0.29) is 22.5 Å². The van der Waals surface area contributed by atoms with E-state index in [0.29, 0.717) is 37.4 Å². The number of hydrogen-bond acceptors (Lipinski definition) is 4. The first-order valence-corrected chi connectivity index (χ1v) is 13.7. The van der Waals surface area contributed by atoms with E-state index in [0.717, 1.165) is 38.8 Å². The zero-order valence-corrected chi connectivity index (χ0v) is 20.7. The first-order chi connectivity index (χ1) is 16.3. The van der Waals surface area contributed by atoms with Gasteiger partial charge in [0.1, 0.15) is 0 Å². The third-order valence-electron chi connectivity index (χ3n) is 7.29. The highest BCUT2D eigenvalue weighted by atomic mass is 32.2. The topological polar surface area (TPSA) is 74.8 Å². The maximum absolute atomic E-state index is 13.1. The standard InChI is InChI=1S/C27H34N2O4S/c1-21(30)25-8-5-9-26(20-25)34(32,33)29-18-14-24(15-19-29)27(31)28-16-12-23(13-17-28)11-10-22-6-3-2-4-7-22/h2-9,20,23-24H,10-19H2,1H3. The SMILES string of the molecule is CC(=O)c1cccc(S(=O)(=O)N2CCC(C(=O)N3CCC(CCc4ccccc4)CC3)CC2)c1. The highest BCUT2D eigenvalue weighted by Crippen LogP contribution is 2.28. The van der Waals surface area contributed by atoms with Gasteiger partial charge in [-0.15, -0.1) is 0 Å². The molecule has 7 heteroatoms. The van der Waals surface area contributed by atoms with Crippen LogP contribution in [-0.2, 0) is 21.2 Å². The number of carbonyl (C=O) groups excluding carboxylic acids is 2. The third-order valence-corrected chi connectivity index (χ3v) is 9.19. The van der Waals surface area contributed by atoms with Crippen LogP contribution in [-0.4, -0.2) is 55.5 Å². The Hall–Kier alpha value is -2.51. The number of likely N-dealkylation sites (tertiary alicyclic amines) is 1. The summed E-state index contributed by atoms with van der Waals surface area (Å²) in [7, 11) is -3.67. The lowest BCUT2D eigenvalue weighted by molar-refractivity contribution is -0.138. The van der Waals surface area contributed by atoms with Gasteiger partial charge in [-0.1, -0.05) is 42.5 Å². The van der Waals surface area contributed by atoms with E-state index in [2.05, 4.69) is 24.3 Å². The number of Topliss-reactive ketones (excluding diaryl/α,β-unsaturated/α-hetero) is 1. The summed E-state index contributed by atoms with van der Waals surface area (Å²) >= 11 is 0. The van der Waals surface area contributed by atoms with Crippen molar-refractivity contribution in [2.75, 3.05) is 26.2 Å². The van der Waals surface area contributed by atoms with E-state index in [1.807, 2.05) is 11.0 Å². The van der Waals surface area contributed by atoms with Gasteiger partial charge in [0.2, 0.25) is 15.9 Å². The predicted molar refractivity (Wildman–Crippen MR) is 132 cm³/mol. The Morgan fingerprint density at radius 1 is 0.882 bits per heavy atom. The first-order valence-electron chi connectivity index (χ1n) is 12.3. The molecule has 2 heterocycles. The van der Waals surface area contributed by atoms with Crippen LogP contribution in [0.25, 0.3) is 0 Å². The lowest BCUT2D eigenvalue weighted by Gasteiger charge is -2.37. The molecular weight excluding hydrogens is 448 g/mol. The minimum Gasteiger partial charge on any atom is -0.342 e. The van der Waals surface area contributed by atoms with Gasteiger partial charge < -0.3 is 4.90 Å². The van der Waals surface area contributed by atoms with Crippen molar-refractivity contribution in [1.82, 2.24) is 9.21 Å². The fourth-order valence-corrected chi connectivity index (χ4v) is 6.60. The number of piperidine rings is 2. The molecule has 2 aliphatic rings. The molecule has 0 aromatic heterocycles. The summed E-state index contributed by atoms with van der Waals surface area (Å²) in [6.45, 7) is 3.69. The molecule has 0 aliphatic carbocycles. The summed E-state index contributed by atoms with van der Waals surface area (Å²) in [6.07, 6.45) is 5.40. The average molecular weight is 483 g/mol. The molecule has 6 nitrogen and oxygen atoms in total. The molecule has 1 amide bonds. The molecule has 34 heavy (non-hydrogen) atoms. The zero-order valence-electron chi connectivity index (χ0n) is 19.9. The molecule has 0 spiro atoms. The molecule has 0 atom stereocenters. The van der Waals surface area contributed by atoms with Crippen LogP contribution in [0.4, 0.5) is 0 Å². The van der Waals surface area contributed by atoms with Gasteiger partial charge in [-0.05, 0) is 69.1 Å². The molecule has 2 aromatic rings. The highest BCUT2D eigenvalue weighted by Gasteiger charge is 2.35. The van der Waals surface area contributed by atoms with Crippen LogP contribution < -0.4 is 0 Å². The quantitative estimate of drug-likeness (QED) is 0.556. The summed E-state index contributed by atoms with van der Waals surface area (Å²) in [5, 5.41) is 0. The number of sulfonamides is 1. The molecule has 0 radical (unpaired) electrons. The number of amides is 1. The lowest BCUT2D eigenvalue weighted by Crippen LogP contribution is -2.46. The molecule has 2 fully saturated rings. The van der Waals surface area contributed by atoms with Gasteiger partial charge in [0.05, 0.1) is 4.90 Å². The second-order valence-electron chi connectivity index (χ2n) is 9.56.